The van der Waals surface area contributed by atoms with Gasteiger partial charge in [-0.15, -0.1) is 0 Å². The van der Waals surface area contributed by atoms with Crippen molar-refractivity contribution in [2.24, 2.45) is 0 Å². The molecule has 0 spiro atoms. The Morgan fingerprint density at radius 2 is 1.42 bits per heavy atom. The molecular weight excluding hydrogens is 392 g/mol. The Hall–Kier alpha value is -2.41. The number of hydrogen-bond acceptors (Lipinski definition) is 4. The second-order valence-electron chi connectivity index (χ2n) is 8.82. The molecule has 3 rings (SSSR count). The molecule has 1 aromatic rings. The molecular formula is C24H36N4O3. The highest BCUT2D eigenvalue weighted by Crippen LogP contribution is 2.20. The number of carbonyl (C=O) groups excluding carboxylic acids is 3. The highest BCUT2D eigenvalue weighted by molar-refractivity contribution is 5.80. The van der Waals surface area contributed by atoms with Crippen molar-refractivity contribution < 1.29 is 14.4 Å². The number of benzene rings is 1. The molecule has 0 radical (unpaired) electrons. The summed E-state index contributed by atoms with van der Waals surface area (Å²) in [6.45, 7) is 8.34. The van der Waals surface area contributed by atoms with Crippen molar-refractivity contribution in [3.8, 4) is 0 Å². The minimum Gasteiger partial charge on any atom is -0.349 e. The molecule has 0 aromatic heterocycles. The quantitative estimate of drug-likeness (QED) is 0.753. The maximum absolute atomic E-state index is 12.9. The Labute approximate surface area is 185 Å². The molecule has 1 atom stereocenters. The van der Waals surface area contributed by atoms with Gasteiger partial charge in [0.2, 0.25) is 17.7 Å². The number of nitrogens with one attached hydrogen (secondary N) is 1. The number of nitrogens with zero attached hydrogens (tertiary/aromatic N) is 3. The van der Waals surface area contributed by atoms with Gasteiger partial charge in [0.15, 0.2) is 0 Å². The zero-order valence-electron chi connectivity index (χ0n) is 18.9. The minimum atomic E-state index is -0.326. The average Bonchev–Trinajstić information content (AvgIpc) is 3.04. The third-order valence-corrected chi connectivity index (χ3v) is 6.28. The average molecular weight is 429 g/mol. The van der Waals surface area contributed by atoms with Crippen LogP contribution in [0.1, 0.15) is 56.2 Å². The molecule has 7 heteroatoms. The molecule has 0 aliphatic carbocycles. The summed E-state index contributed by atoms with van der Waals surface area (Å²) in [6, 6.07) is 7.60. The summed E-state index contributed by atoms with van der Waals surface area (Å²) in [6.07, 6.45) is 4.88. The molecule has 7 nitrogen and oxygen atoms in total. The topological polar surface area (TPSA) is 73.0 Å². The van der Waals surface area contributed by atoms with Crippen LogP contribution in [0.15, 0.2) is 24.3 Å². The lowest BCUT2D eigenvalue weighted by Crippen LogP contribution is -2.52. The van der Waals surface area contributed by atoms with E-state index < -0.39 is 0 Å². The number of carbonyl (C=O) groups is 3. The van der Waals surface area contributed by atoms with Crippen LogP contribution in [0, 0.1) is 6.92 Å². The summed E-state index contributed by atoms with van der Waals surface area (Å²) in [5.41, 5.74) is 2.08. The van der Waals surface area contributed by atoms with E-state index in [1.807, 2.05) is 41.0 Å². The van der Waals surface area contributed by atoms with E-state index in [1.165, 1.54) is 19.8 Å². The molecule has 1 N–H and O–H groups in total. The molecule has 1 aromatic carbocycles. The van der Waals surface area contributed by atoms with E-state index in [-0.39, 0.29) is 30.2 Å². The van der Waals surface area contributed by atoms with Gasteiger partial charge in [-0.05, 0) is 25.3 Å². The Balaban J connectivity index is 1.49. The SMILES string of the molecule is CC(=O)NC(CC(=O)N1CCN(CC(=O)N2CCCCCC2)CC1)c1ccc(C)cc1. The first-order chi connectivity index (χ1) is 14.9. The van der Waals surface area contributed by atoms with Crippen molar-refractivity contribution in [2.75, 3.05) is 45.8 Å². The second-order valence-corrected chi connectivity index (χ2v) is 8.82. The number of rotatable bonds is 6. The first-order valence-electron chi connectivity index (χ1n) is 11.5. The molecule has 170 valence electrons. The molecule has 31 heavy (non-hydrogen) atoms. The molecule has 2 fully saturated rings. The van der Waals surface area contributed by atoms with Gasteiger partial charge in [0.25, 0.3) is 0 Å². The van der Waals surface area contributed by atoms with Crippen LogP contribution in [0.2, 0.25) is 0 Å². The van der Waals surface area contributed by atoms with Gasteiger partial charge in [-0.2, -0.15) is 0 Å². The molecule has 0 saturated carbocycles. The zero-order valence-corrected chi connectivity index (χ0v) is 18.9. The summed E-state index contributed by atoms with van der Waals surface area (Å²) in [4.78, 5) is 43.2. The van der Waals surface area contributed by atoms with Crippen molar-refractivity contribution in [1.29, 1.82) is 0 Å². The number of hydrogen-bond donors (Lipinski definition) is 1. The maximum atomic E-state index is 12.9. The van der Waals surface area contributed by atoms with Crippen molar-refractivity contribution >= 4 is 17.7 Å². The monoisotopic (exact) mass is 428 g/mol. The van der Waals surface area contributed by atoms with Gasteiger partial charge in [0, 0.05) is 46.2 Å². The van der Waals surface area contributed by atoms with Crippen molar-refractivity contribution in [3.63, 3.8) is 0 Å². The van der Waals surface area contributed by atoms with Crippen LogP contribution >= 0.6 is 0 Å². The van der Waals surface area contributed by atoms with E-state index in [4.69, 9.17) is 0 Å². The predicted octanol–water partition coefficient (Wildman–Crippen LogP) is 2.11. The van der Waals surface area contributed by atoms with Gasteiger partial charge >= 0.3 is 0 Å². The molecule has 0 bridgehead atoms. The Morgan fingerprint density at radius 3 is 2.00 bits per heavy atom. The summed E-state index contributed by atoms with van der Waals surface area (Å²) in [5, 5.41) is 2.91. The lowest BCUT2D eigenvalue weighted by atomic mass is 10.0. The van der Waals surface area contributed by atoms with Gasteiger partial charge in [0.1, 0.15) is 0 Å². The molecule has 3 amide bonds. The van der Waals surface area contributed by atoms with Gasteiger partial charge in [-0.1, -0.05) is 42.7 Å². The summed E-state index contributed by atoms with van der Waals surface area (Å²) < 4.78 is 0. The van der Waals surface area contributed by atoms with Crippen molar-refractivity contribution in [2.45, 2.75) is 52.0 Å². The number of amides is 3. The third-order valence-electron chi connectivity index (χ3n) is 6.28. The zero-order chi connectivity index (χ0) is 22.2. The first kappa shape index (κ1) is 23.3. The summed E-state index contributed by atoms with van der Waals surface area (Å²) >= 11 is 0. The summed E-state index contributed by atoms with van der Waals surface area (Å²) in [7, 11) is 0. The lowest BCUT2D eigenvalue weighted by Gasteiger charge is -2.36. The molecule has 2 aliphatic rings. The largest absolute Gasteiger partial charge is 0.349 e. The van der Waals surface area contributed by atoms with E-state index in [0.717, 1.165) is 37.1 Å². The fraction of sp³-hybridized carbons (Fsp3) is 0.625. The number of piperazine rings is 1. The standard InChI is InChI=1S/C24H36N4O3/c1-19-7-9-21(10-8-19)22(25-20(2)29)17-23(30)28-15-13-26(14-16-28)18-24(31)27-11-5-3-4-6-12-27/h7-10,22H,3-6,11-18H2,1-2H3,(H,25,29). The predicted molar refractivity (Wildman–Crippen MR) is 120 cm³/mol. The molecule has 1 unspecified atom stereocenters. The molecule has 2 heterocycles. The van der Waals surface area contributed by atoms with Gasteiger partial charge < -0.3 is 15.1 Å². The highest BCUT2D eigenvalue weighted by atomic mass is 16.2. The fourth-order valence-corrected chi connectivity index (χ4v) is 4.37. The number of aryl methyl sites for hydroxylation is 1. The summed E-state index contributed by atoms with van der Waals surface area (Å²) in [5.74, 6) is 0.111. The van der Waals surface area contributed by atoms with E-state index in [0.29, 0.717) is 32.7 Å². The second kappa shape index (κ2) is 11.3. The van der Waals surface area contributed by atoms with Gasteiger partial charge in [0.05, 0.1) is 19.0 Å². The first-order valence-corrected chi connectivity index (χ1v) is 11.5. The Kier molecular flexibility index (Phi) is 8.46. The van der Waals surface area contributed by atoms with Crippen molar-refractivity contribution in [3.05, 3.63) is 35.4 Å². The van der Waals surface area contributed by atoms with E-state index in [1.54, 1.807) is 0 Å². The lowest BCUT2D eigenvalue weighted by molar-refractivity contribution is -0.135. The van der Waals surface area contributed by atoms with Crippen LogP contribution in [0.3, 0.4) is 0 Å². The van der Waals surface area contributed by atoms with Crippen LogP contribution in [-0.2, 0) is 14.4 Å². The van der Waals surface area contributed by atoms with Gasteiger partial charge in [-0.25, -0.2) is 0 Å². The van der Waals surface area contributed by atoms with E-state index in [2.05, 4.69) is 10.2 Å². The number of likely N-dealkylation sites (tertiary alicyclic amines) is 1. The smallest absolute Gasteiger partial charge is 0.236 e. The Bertz CT molecular complexity index is 749. The minimum absolute atomic E-state index is 0.0396. The van der Waals surface area contributed by atoms with Crippen LogP contribution < -0.4 is 5.32 Å². The normalized spacial score (nSPS) is 18.9. The molecule has 2 aliphatic heterocycles. The van der Waals surface area contributed by atoms with E-state index >= 15 is 0 Å². The fourth-order valence-electron chi connectivity index (χ4n) is 4.37. The van der Waals surface area contributed by atoms with Gasteiger partial charge in [-0.3, -0.25) is 19.3 Å². The Morgan fingerprint density at radius 1 is 0.839 bits per heavy atom. The van der Waals surface area contributed by atoms with Crippen LogP contribution in [0.4, 0.5) is 0 Å². The van der Waals surface area contributed by atoms with E-state index in [9.17, 15) is 14.4 Å². The van der Waals surface area contributed by atoms with Crippen LogP contribution in [-0.4, -0.2) is 78.2 Å². The van der Waals surface area contributed by atoms with Crippen LogP contribution in [0.25, 0.3) is 0 Å². The molecule has 2 saturated heterocycles. The highest BCUT2D eigenvalue weighted by Gasteiger charge is 2.26. The van der Waals surface area contributed by atoms with Crippen molar-refractivity contribution in [1.82, 2.24) is 20.0 Å². The maximum Gasteiger partial charge on any atom is 0.236 e. The van der Waals surface area contributed by atoms with Crippen LogP contribution in [0.5, 0.6) is 0 Å². The third kappa shape index (κ3) is 7.06.